The maximum atomic E-state index is 14.2. The summed E-state index contributed by atoms with van der Waals surface area (Å²) < 4.78 is 59.5. The summed E-state index contributed by atoms with van der Waals surface area (Å²) in [6.07, 6.45) is -1.80. The number of hydrogen-bond donors (Lipinski definition) is 3. The van der Waals surface area contributed by atoms with E-state index in [9.17, 15) is 17.6 Å². The summed E-state index contributed by atoms with van der Waals surface area (Å²) in [6.45, 7) is 4.24. The number of pyridine rings is 1. The lowest BCUT2D eigenvalue weighted by Crippen LogP contribution is -2.37. The fourth-order valence-corrected chi connectivity index (χ4v) is 3.75. The molecule has 0 unspecified atom stereocenters. The van der Waals surface area contributed by atoms with Crippen LogP contribution in [0.4, 0.5) is 46.4 Å². The van der Waals surface area contributed by atoms with Crippen molar-refractivity contribution < 1.29 is 22.3 Å². The van der Waals surface area contributed by atoms with Crippen LogP contribution in [-0.2, 0) is 17.5 Å². The molecule has 1 aromatic carbocycles. The van der Waals surface area contributed by atoms with Crippen molar-refractivity contribution in [2.75, 3.05) is 60.9 Å². The fraction of sp³-hybridized carbons (Fsp3) is 0.375. The molecule has 0 aliphatic carbocycles. The summed E-state index contributed by atoms with van der Waals surface area (Å²) in [6, 6.07) is 5.60. The Hall–Kier alpha value is -3.71. The number of nitrogens with one attached hydrogen (secondary N) is 3. The van der Waals surface area contributed by atoms with Gasteiger partial charge in [0.25, 0.3) is 0 Å². The van der Waals surface area contributed by atoms with Crippen molar-refractivity contribution in [3.05, 3.63) is 59.3 Å². The van der Waals surface area contributed by atoms with Gasteiger partial charge in [-0.1, -0.05) is 0 Å². The van der Waals surface area contributed by atoms with E-state index in [1.807, 2.05) is 6.92 Å². The van der Waals surface area contributed by atoms with E-state index in [-0.39, 0.29) is 11.8 Å². The lowest BCUT2D eigenvalue weighted by atomic mass is 10.1. The van der Waals surface area contributed by atoms with Crippen molar-refractivity contribution in [3.63, 3.8) is 0 Å². The third kappa shape index (κ3) is 6.74. The van der Waals surface area contributed by atoms with Crippen LogP contribution >= 0.6 is 0 Å². The first-order valence-electron chi connectivity index (χ1n) is 11.6. The highest BCUT2D eigenvalue weighted by Crippen LogP contribution is 2.35. The molecule has 3 aromatic rings. The van der Waals surface area contributed by atoms with Gasteiger partial charge in [0.05, 0.1) is 49.1 Å². The molecule has 0 saturated carbocycles. The Morgan fingerprint density at radius 1 is 1.03 bits per heavy atom. The Morgan fingerprint density at radius 3 is 2.46 bits per heavy atom. The molecule has 2 aromatic heterocycles. The van der Waals surface area contributed by atoms with E-state index < -0.39 is 17.6 Å². The highest BCUT2D eigenvalue weighted by molar-refractivity contribution is 5.66. The number of anilines is 5. The summed E-state index contributed by atoms with van der Waals surface area (Å²) in [5, 5.41) is 3.01. The van der Waals surface area contributed by atoms with Crippen LogP contribution in [0.15, 0.2) is 36.7 Å². The van der Waals surface area contributed by atoms with Crippen molar-refractivity contribution in [1.82, 2.24) is 20.4 Å². The van der Waals surface area contributed by atoms with E-state index >= 15 is 0 Å². The molecule has 4 rings (SSSR count). The zero-order chi connectivity index (χ0) is 26.6. The van der Waals surface area contributed by atoms with Crippen LogP contribution in [-0.4, -0.2) is 55.4 Å². The van der Waals surface area contributed by atoms with Crippen LogP contribution in [0.25, 0.3) is 0 Å². The highest BCUT2D eigenvalue weighted by atomic mass is 19.4. The van der Waals surface area contributed by atoms with Crippen LogP contribution in [0.2, 0.25) is 0 Å². The predicted molar refractivity (Wildman–Crippen MR) is 134 cm³/mol. The number of nitrogens with zero attached hydrogens (tertiary/aromatic N) is 5. The van der Waals surface area contributed by atoms with Crippen LogP contribution in [0.5, 0.6) is 0 Å². The molecule has 198 valence electrons. The molecule has 9 nitrogen and oxygen atoms in total. The molecule has 1 fully saturated rings. The first-order chi connectivity index (χ1) is 17.6. The number of hydrazine groups is 1. The number of aromatic nitrogens is 3. The van der Waals surface area contributed by atoms with Crippen LogP contribution < -0.4 is 26.0 Å². The third-order valence-corrected chi connectivity index (χ3v) is 5.73. The Labute approximate surface area is 211 Å². The number of hydrogen-bond acceptors (Lipinski definition) is 9. The second-order valence-electron chi connectivity index (χ2n) is 8.72. The van der Waals surface area contributed by atoms with Gasteiger partial charge in [0.15, 0.2) is 11.6 Å². The first kappa shape index (κ1) is 26.4. The van der Waals surface area contributed by atoms with Gasteiger partial charge >= 0.3 is 6.18 Å². The molecule has 0 amide bonds. The van der Waals surface area contributed by atoms with Gasteiger partial charge in [0.2, 0.25) is 5.95 Å². The Kier molecular flexibility index (Phi) is 7.93. The summed E-state index contributed by atoms with van der Waals surface area (Å²) >= 11 is 0. The highest BCUT2D eigenvalue weighted by Gasteiger charge is 2.31. The lowest BCUT2D eigenvalue weighted by Gasteiger charge is -2.28. The smallest absolute Gasteiger partial charge is 0.378 e. The molecule has 0 atom stereocenters. The quantitative estimate of drug-likeness (QED) is 0.300. The maximum Gasteiger partial charge on any atom is 0.416 e. The second kappa shape index (κ2) is 11.1. The Balaban J connectivity index is 1.40. The monoisotopic (exact) mass is 520 g/mol. The summed E-state index contributed by atoms with van der Waals surface area (Å²) in [5.41, 5.74) is 7.88. The molecule has 1 aliphatic rings. The van der Waals surface area contributed by atoms with Gasteiger partial charge in [0, 0.05) is 38.6 Å². The molecule has 1 aliphatic heterocycles. The van der Waals surface area contributed by atoms with E-state index in [0.717, 1.165) is 23.9 Å². The number of rotatable bonds is 8. The standard InChI is InChI=1S/C24H28F4N8O/c1-15-8-18(32-17-9-16(24(26,27)28)10-19(11-17)35(2)3)12-29-21(15)14-31-34-23-30-13-20(25)22(33-23)36-4-6-37-7-5-36/h8-13,31-32H,4-7,14H2,1-3H3,(H,30,33,34). The molecule has 3 N–H and O–H groups in total. The predicted octanol–water partition coefficient (Wildman–Crippen LogP) is 4.10. The average Bonchev–Trinajstić information content (AvgIpc) is 2.86. The fourth-order valence-electron chi connectivity index (χ4n) is 3.75. The summed E-state index contributed by atoms with van der Waals surface area (Å²) in [5.74, 6) is -0.0917. The Morgan fingerprint density at radius 2 is 1.78 bits per heavy atom. The number of aryl methyl sites for hydroxylation is 1. The van der Waals surface area contributed by atoms with Crippen LogP contribution in [0, 0.1) is 12.7 Å². The van der Waals surface area contributed by atoms with Crippen molar-refractivity contribution >= 4 is 28.8 Å². The van der Waals surface area contributed by atoms with E-state index in [1.54, 1.807) is 42.2 Å². The van der Waals surface area contributed by atoms with Gasteiger partial charge in [-0.3, -0.25) is 10.4 Å². The maximum absolute atomic E-state index is 14.2. The Bertz CT molecular complexity index is 1230. The van der Waals surface area contributed by atoms with Gasteiger partial charge in [-0.2, -0.15) is 18.2 Å². The second-order valence-corrected chi connectivity index (χ2v) is 8.72. The first-order valence-corrected chi connectivity index (χ1v) is 11.6. The SMILES string of the molecule is Cc1cc(Nc2cc(N(C)C)cc(C(F)(F)F)c2)cnc1CNNc1ncc(F)c(N2CCOCC2)n1. The van der Waals surface area contributed by atoms with E-state index in [0.29, 0.717) is 55.6 Å². The number of morpholine rings is 1. The van der Waals surface area contributed by atoms with Crippen molar-refractivity contribution in [2.24, 2.45) is 0 Å². The topological polar surface area (TPSA) is 90.5 Å². The van der Waals surface area contributed by atoms with Crippen molar-refractivity contribution in [1.29, 1.82) is 0 Å². The zero-order valence-electron chi connectivity index (χ0n) is 20.7. The van der Waals surface area contributed by atoms with Gasteiger partial charge in [-0.25, -0.2) is 14.8 Å². The largest absolute Gasteiger partial charge is 0.416 e. The van der Waals surface area contributed by atoms with Crippen LogP contribution in [0.1, 0.15) is 16.8 Å². The molecule has 1 saturated heterocycles. The van der Waals surface area contributed by atoms with Crippen molar-refractivity contribution in [2.45, 2.75) is 19.6 Å². The molecule has 13 heteroatoms. The lowest BCUT2D eigenvalue weighted by molar-refractivity contribution is -0.137. The minimum atomic E-state index is -4.46. The molecular weight excluding hydrogens is 492 g/mol. The van der Waals surface area contributed by atoms with Crippen molar-refractivity contribution in [3.8, 4) is 0 Å². The normalized spacial score (nSPS) is 14.0. The van der Waals surface area contributed by atoms with E-state index in [2.05, 4.69) is 31.1 Å². The van der Waals surface area contributed by atoms with Gasteiger partial charge in [-0.05, 0) is 36.8 Å². The van der Waals surface area contributed by atoms with Gasteiger partial charge < -0.3 is 19.9 Å². The average molecular weight is 521 g/mol. The molecular formula is C24H28F4N8O. The summed E-state index contributed by atoms with van der Waals surface area (Å²) in [4.78, 5) is 16.0. The molecule has 3 heterocycles. The molecule has 0 spiro atoms. The zero-order valence-corrected chi connectivity index (χ0v) is 20.7. The number of benzene rings is 1. The van der Waals surface area contributed by atoms with Gasteiger partial charge in [-0.15, -0.1) is 0 Å². The summed E-state index contributed by atoms with van der Waals surface area (Å²) in [7, 11) is 3.36. The van der Waals surface area contributed by atoms with Gasteiger partial charge in [0.1, 0.15) is 0 Å². The van der Waals surface area contributed by atoms with E-state index in [1.165, 1.54) is 0 Å². The molecule has 37 heavy (non-hydrogen) atoms. The number of alkyl halides is 3. The minimum Gasteiger partial charge on any atom is -0.378 e. The van der Waals surface area contributed by atoms with E-state index in [4.69, 9.17) is 4.74 Å². The third-order valence-electron chi connectivity index (χ3n) is 5.73. The molecule has 0 radical (unpaired) electrons. The molecule has 0 bridgehead atoms. The number of halogens is 4. The van der Waals surface area contributed by atoms with Crippen LogP contribution in [0.3, 0.4) is 0 Å². The minimum absolute atomic E-state index is 0.208. The number of ether oxygens (including phenoxy) is 1.